The molecule has 2 rings (SSSR count). The van der Waals surface area contributed by atoms with Crippen LogP contribution in [0.4, 0.5) is 0 Å². The zero-order chi connectivity index (χ0) is 12.1. The van der Waals surface area contributed by atoms with E-state index in [4.69, 9.17) is 4.42 Å². The Morgan fingerprint density at radius 3 is 2.94 bits per heavy atom. The minimum atomic E-state index is 0.615. The Kier molecular flexibility index (Phi) is 4.17. The topological polar surface area (TPSA) is 51.0 Å². The lowest BCUT2D eigenvalue weighted by molar-refractivity contribution is 0.485. The normalized spacial score (nSPS) is 10.7. The van der Waals surface area contributed by atoms with Gasteiger partial charge in [0.05, 0.1) is 5.75 Å². The van der Waals surface area contributed by atoms with E-state index in [-0.39, 0.29) is 0 Å². The number of rotatable bonds is 5. The van der Waals surface area contributed by atoms with Crippen LogP contribution in [0.25, 0.3) is 0 Å². The Balaban J connectivity index is 1.96. The van der Waals surface area contributed by atoms with E-state index in [0.29, 0.717) is 17.5 Å². The first-order chi connectivity index (χ1) is 8.28. The second kappa shape index (κ2) is 5.84. The molecule has 0 aliphatic carbocycles. The van der Waals surface area contributed by atoms with Crippen molar-refractivity contribution in [3.05, 3.63) is 41.6 Å². The van der Waals surface area contributed by atoms with E-state index in [1.54, 1.807) is 18.7 Å². The molecule has 0 aliphatic rings. The predicted octanol–water partition coefficient (Wildman–Crippen LogP) is 2.39. The van der Waals surface area contributed by atoms with Crippen LogP contribution in [0.2, 0.25) is 0 Å². The molecule has 0 atom stereocenters. The quantitative estimate of drug-likeness (QED) is 0.825. The Morgan fingerprint density at radius 2 is 2.24 bits per heavy atom. The Hall–Kier alpha value is -1.33. The second-order valence-corrected chi connectivity index (χ2v) is 4.73. The van der Waals surface area contributed by atoms with Crippen LogP contribution in [0.5, 0.6) is 0 Å². The second-order valence-electron chi connectivity index (χ2n) is 3.68. The number of hydrogen-bond donors (Lipinski definition) is 1. The van der Waals surface area contributed by atoms with Crippen molar-refractivity contribution >= 4 is 11.8 Å². The van der Waals surface area contributed by atoms with E-state index in [2.05, 4.69) is 39.8 Å². The fourth-order valence-electron chi connectivity index (χ4n) is 1.49. The van der Waals surface area contributed by atoms with Gasteiger partial charge < -0.3 is 9.73 Å². The van der Waals surface area contributed by atoms with Gasteiger partial charge in [-0.1, -0.05) is 12.1 Å². The number of thioether (sulfide) groups is 1. The Morgan fingerprint density at radius 1 is 1.35 bits per heavy atom. The number of nitrogens with one attached hydrogen (secondary N) is 1. The van der Waals surface area contributed by atoms with Crippen LogP contribution in [0.1, 0.15) is 17.3 Å². The molecule has 1 aromatic heterocycles. The predicted molar refractivity (Wildman–Crippen MR) is 67.8 cm³/mol. The molecule has 0 unspecified atom stereocenters. The monoisotopic (exact) mass is 249 g/mol. The van der Waals surface area contributed by atoms with Crippen LogP contribution >= 0.6 is 11.8 Å². The summed E-state index contributed by atoms with van der Waals surface area (Å²) in [5, 5.41) is 10.9. The summed E-state index contributed by atoms with van der Waals surface area (Å²) in [5.74, 6) is 2.00. The first kappa shape index (κ1) is 12.1. The molecule has 0 aliphatic heterocycles. The number of nitrogens with zero attached hydrogens (tertiary/aromatic N) is 2. The van der Waals surface area contributed by atoms with Gasteiger partial charge in [-0.15, -0.1) is 22.0 Å². The first-order valence-electron chi connectivity index (χ1n) is 5.43. The molecule has 5 heteroatoms. The van der Waals surface area contributed by atoms with Crippen molar-refractivity contribution in [2.75, 3.05) is 7.05 Å². The van der Waals surface area contributed by atoms with Gasteiger partial charge in [-0.3, -0.25) is 0 Å². The lowest BCUT2D eigenvalue weighted by Gasteiger charge is -2.03. The van der Waals surface area contributed by atoms with Crippen molar-refractivity contribution in [1.29, 1.82) is 0 Å². The fourth-order valence-corrected chi connectivity index (χ4v) is 2.31. The molecule has 4 nitrogen and oxygen atoms in total. The van der Waals surface area contributed by atoms with E-state index >= 15 is 0 Å². The van der Waals surface area contributed by atoms with Gasteiger partial charge in [0.2, 0.25) is 11.8 Å². The molecule has 0 bridgehead atoms. The average molecular weight is 249 g/mol. The number of benzene rings is 1. The number of aryl methyl sites for hydroxylation is 1. The van der Waals surface area contributed by atoms with Gasteiger partial charge in [-0.05, 0) is 24.7 Å². The summed E-state index contributed by atoms with van der Waals surface area (Å²) in [6, 6.07) is 8.43. The van der Waals surface area contributed by atoms with Gasteiger partial charge >= 0.3 is 0 Å². The Bertz CT molecular complexity index is 484. The molecule has 1 aromatic carbocycles. The highest BCUT2D eigenvalue weighted by atomic mass is 32.2. The molecule has 17 heavy (non-hydrogen) atoms. The van der Waals surface area contributed by atoms with Crippen LogP contribution in [-0.2, 0) is 12.3 Å². The molecular weight excluding hydrogens is 234 g/mol. The van der Waals surface area contributed by atoms with Gasteiger partial charge in [-0.25, -0.2) is 0 Å². The maximum absolute atomic E-state index is 5.33. The number of aromatic nitrogens is 2. The largest absolute Gasteiger partial charge is 0.425 e. The van der Waals surface area contributed by atoms with Crippen molar-refractivity contribution in [2.45, 2.75) is 24.1 Å². The molecule has 0 spiro atoms. The molecule has 2 aromatic rings. The van der Waals surface area contributed by atoms with Gasteiger partial charge in [0.15, 0.2) is 0 Å². The highest BCUT2D eigenvalue weighted by Crippen LogP contribution is 2.22. The third kappa shape index (κ3) is 3.57. The summed E-state index contributed by atoms with van der Waals surface area (Å²) in [7, 11) is 1.95. The van der Waals surface area contributed by atoms with Crippen LogP contribution in [-0.4, -0.2) is 17.2 Å². The molecule has 1 heterocycles. The lowest BCUT2D eigenvalue weighted by Crippen LogP contribution is -2.04. The van der Waals surface area contributed by atoms with Crippen LogP contribution in [0.15, 0.2) is 33.6 Å². The third-order valence-electron chi connectivity index (χ3n) is 2.21. The first-order valence-corrected chi connectivity index (χ1v) is 6.42. The number of hydrogen-bond acceptors (Lipinski definition) is 5. The summed E-state index contributed by atoms with van der Waals surface area (Å²) in [6.45, 7) is 2.68. The van der Waals surface area contributed by atoms with Gasteiger partial charge in [-0.2, -0.15) is 0 Å². The van der Waals surface area contributed by atoms with Crippen molar-refractivity contribution in [3.8, 4) is 0 Å². The van der Waals surface area contributed by atoms with Crippen LogP contribution in [0.3, 0.4) is 0 Å². The molecule has 1 N–H and O–H groups in total. The smallest absolute Gasteiger partial charge is 0.226 e. The highest BCUT2D eigenvalue weighted by molar-refractivity contribution is 7.98. The standard InChI is InChI=1S/C12H15N3OS/c1-9-14-15-12(16-9)8-17-11-5-3-4-10(6-11)7-13-2/h3-6,13H,7-8H2,1-2H3. The summed E-state index contributed by atoms with van der Waals surface area (Å²) < 4.78 is 5.33. The zero-order valence-electron chi connectivity index (χ0n) is 9.93. The molecule has 0 saturated carbocycles. The van der Waals surface area contributed by atoms with Crippen molar-refractivity contribution in [1.82, 2.24) is 15.5 Å². The van der Waals surface area contributed by atoms with E-state index in [1.165, 1.54) is 10.5 Å². The average Bonchev–Trinajstić information content (AvgIpc) is 2.74. The van der Waals surface area contributed by atoms with Crippen LogP contribution in [0, 0.1) is 6.92 Å². The SMILES string of the molecule is CNCc1cccc(SCc2nnc(C)o2)c1. The van der Waals surface area contributed by atoms with Crippen LogP contribution < -0.4 is 5.32 Å². The fraction of sp³-hybridized carbons (Fsp3) is 0.333. The zero-order valence-corrected chi connectivity index (χ0v) is 10.8. The molecule has 0 radical (unpaired) electrons. The van der Waals surface area contributed by atoms with Crippen molar-refractivity contribution in [3.63, 3.8) is 0 Å². The lowest BCUT2D eigenvalue weighted by atomic mass is 10.2. The summed E-state index contributed by atoms with van der Waals surface area (Å²) in [5.41, 5.74) is 1.28. The van der Waals surface area contributed by atoms with Gasteiger partial charge in [0.25, 0.3) is 0 Å². The van der Waals surface area contributed by atoms with Gasteiger partial charge in [0.1, 0.15) is 0 Å². The molecular formula is C12H15N3OS. The summed E-state index contributed by atoms with van der Waals surface area (Å²) >= 11 is 1.70. The maximum Gasteiger partial charge on any atom is 0.226 e. The molecule has 0 saturated heterocycles. The third-order valence-corrected chi connectivity index (χ3v) is 3.19. The minimum absolute atomic E-state index is 0.615. The molecule has 0 amide bonds. The van der Waals surface area contributed by atoms with E-state index < -0.39 is 0 Å². The summed E-state index contributed by atoms with van der Waals surface area (Å²) in [6.07, 6.45) is 0. The van der Waals surface area contributed by atoms with E-state index in [1.807, 2.05) is 7.05 Å². The minimum Gasteiger partial charge on any atom is -0.425 e. The maximum atomic E-state index is 5.33. The molecule has 0 fully saturated rings. The van der Waals surface area contributed by atoms with Gasteiger partial charge in [0, 0.05) is 18.4 Å². The van der Waals surface area contributed by atoms with Crippen molar-refractivity contribution < 1.29 is 4.42 Å². The van der Waals surface area contributed by atoms with Crippen molar-refractivity contribution in [2.24, 2.45) is 0 Å². The molecule has 90 valence electrons. The van der Waals surface area contributed by atoms with E-state index in [0.717, 1.165) is 6.54 Å². The Labute approximate surface area is 105 Å². The van der Waals surface area contributed by atoms with E-state index in [9.17, 15) is 0 Å². The summed E-state index contributed by atoms with van der Waals surface area (Å²) in [4.78, 5) is 1.22. The highest BCUT2D eigenvalue weighted by Gasteiger charge is 2.03.